The predicted octanol–water partition coefficient (Wildman–Crippen LogP) is 2.57. The maximum Gasteiger partial charge on any atom is 0.133 e. The Kier molecular flexibility index (Phi) is 9.83. The number of aromatic nitrogens is 1. The molecule has 1 heterocycles. The molecule has 1 aromatic heterocycles. The van der Waals surface area contributed by atoms with Crippen LogP contribution in [-0.4, -0.2) is 21.6 Å². The van der Waals surface area contributed by atoms with Gasteiger partial charge in [0.15, 0.2) is 0 Å². The molecule has 0 amide bonds. The van der Waals surface area contributed by atoms with E-state index < -0.39 is 0 Å². The van der Waals surface area contributed by atoms with Gasteiger partial charge in [0.05, 0.1) is 6.07 Å². The summed E-state index contributed by atoms with van der Waals surface area (Å²) in [7, 11) is 0. The summed E-state index contributed by atoms with van der Waals surface area (Å²) < 4.78 is 0.763. The SMILES string of the molecule is Cl.N#CCCSC(=S)NCCc1cccnc1. The molecule has 3 nitrogen and oxygen atoms in total. The van der Waals surface area contributed by atoms with Crippen LogP contribution in [0.25, 0.3) is 0 Å². The number of pyridine rings is 1. The number of rotatable bonds is 5. The van der Waals surface area contributed by atoms with Crippen LogP contribution in [0.3, 0.4) is 0 Å². The maximum absolute atomic E-state index is 8.37. The summed E-state index contributed by atoms with van der Waals surface area (Å²) in [6.45, 7) is 0.810. The Morgan fingerprint density at radius 2 is 2.41 bits per heavy atom. The lowest BCUT2D eigenvalue weighted by Gasteiger charge is -2.06. The summed E-state index contributed by atoms with van der Waals surface area (Å²) >= 11 is 6.63. The molecular formula is C11H14ClN3S2. The monoisotopic (exact) mass is 287 g/mol. The van der Waals surface area contributed by atoms with Gasteiger partial charge in [-0.25, -0.2) is 0 Å². The number of thiocarbonyl (C=S) groups is 1. The van der Waals surface area contributed by atoms with Crippen LogP contribution >= 0.6 is 36.4 Å². The van der Waals surface area contributed by atoms with E-state index in [0.717, 1.165) is 23.0 Å². The Hall–Kier alpha value is -0.830. The highest BCUT2D eigenvalue weighted by Gasteiger charge is 1.97. The minimum absolute atomic E-state index is 0. The molecule has 6 heteroatoms. The topological polar surface area (TPSA) is 48.7 Å². The van der Waals surface area contributed by atoms with E-state index in [1.54, 1.807) is 6.20 Å². The van der Waals surface area contributed by atoms with Gasteiger partial charge in [0.25, 0.3) is 0 Å². The lowest BCUT2D eigenvalue weighted by Crippen LogP contribution is -2.21. The normalized spacial score (nSPS) is 8.88. The fourth-order valence-electron chi connectivity index (χ4n) is 1.10. The lowest BCUT2D eigenvalue weighted by atomic mass is 10.2. The van der Waals surface area contributed by atoms with Crippen molar-refractivity contribution in [2.75, 3.05) is 12.3 Å². The van der Waals surface area contributed by atoms with Crippen LogP contribution < -0.4 is 5.32 Å². The van der Waals surface area contributed by atoms with Crippen molar-refractivity contribution in [3.8, 4) is 6.07 Å². The Balaban J connectivity index is 0.00000256. The fourth-order valence-corrected chi connectivity index (χ4v) is 2.03. The molecule has 0 unspecified atom stereocenters. The zero-order valence-electron chi connectivity index (χ0n) is 9.26. The van der Waals surface area contributed by atoms with E-state index in [0.29, 0.717) is 6.42 Å². The molecule has 1 rings (SSSR count). The van der Waals surface area contributed by atoms with Gasteiger partial charge in [-0.05, 0) is 18.1 Å². The molecule has 0 bridgehead atoms. The maximum atomic E-state index is 8.37. The molecule has 0 aliphatic heterocycles. The van der Waals surface area contributed by atoms with Crippen molar-refractivity contribution in [2.45, 2.75) is 12.8 Å². The Labute approximate surface area is 117 Å². The molecule has 0 aliphatic rings. The van der Waals surface area contributed by atoms with Crippen molar-refractivity contribution in [3.63, 3.8) is 0 Å². The Bertz CT molecular complexity index is 365. The minimum atomic E-state index is 0. The molecule has 0 atom stereocenters. The van der Waals surface area contributed by atoms with Gasteiger partial charge in [0, 0.05) is 31.1 Å². The van der Waals surface area contributed by atoms with Gasteiger partial charge in [0.1, 0.15) is 4.32 Å². The van der Waals surface area contributed by atoms with E-state index in [-0.39, 0.29) is 12.4 Å². The van der Waals surface area contributed by atoms with Crippen LogP contribution in [-0.2, 0) is 6.42 Å². The number of nitrogens with zero attached hydrogens (tertiary/aromatic N) is 2. The number of hydrogen-bond donors (Lipinski definition) is 1. The zero-order valence-corrected chi connectivity index (χ0v) is 11.7. The minimum Gasteiger partial charge on any atom is -0.371 e. The standard InChI is InChI=1S/C11H13N3S2.ClH/c12-5-2-8-16-11(15)14-7-4-10-3-1-6-13-9-10;/h1,3,6,9H,2,4,7-8H2,(H,14,15);1H. The largest absolute Gasteiger partial charge is 0.371 e. The van der Waals surface area contributed by atoms with Crippen LogP contribution in [0, 0.1) is 11.3 Å². The van der Waals surface area contributed by atoms with E-state index in [2.05, 4.69) is 16.4 Å². The predicted molar refractivity (Wildman–Crippen MR) is 78.5 cm³/mol. The van der Waals surface area contributed by atoms with Crippen molar-refractivity contribution in [1.82, 2.24) is 10.3 Å². The number of nitrogens with one attached hydrogen (secondary N) is 1. The summed E-state index contributed by atoms with van der Waals surface area (Å²) in [6.07, 6.45) is 5.06. The molecule has 92 valence electrons. The van der Waals surface area contributed by atoms with Crippen molar-refractivity contribution in [1.29, 1.82) is 5.26 Å². The number of hydrogen-bond acceptors (Lipinski definition) is 4. The third-order valence-electron chi connectivity index (χ3n) is 1.85. The fraction of sp³-hybridized carbons (Fsp3) is 0.364. The highest BCUT2D eigenvalue weighted by atomic mass is 35.5. The molecule has 0 aliphatic carbocycles. The summed E-state index contributed by atoms with van der Waals surface area (Å²) in [5.74, 6) is 0.759. The molecule has 0 aromatic carbocycles. The third-order valence-corrected chi connectivity index (χ3v) is 3.17. The van der Waals surface area contributed by atoms with Crippen molar-refractivity contribution >= 4 is 40.7 Å². The molecular weight excluding hydrogens is 274 g/mol. The van der Waals surface area contributed by atoms with Gasteiger partial charge in [-0.1, -0.05) is 30.0 Å². The van der Waals surface area contributed by atoms with Crippen molar-refractivity contribution in [2.24, 2.45) is 0 Å². The van der Waals surface area contributed by atoms with Gasteiger partial charge < -0.3 is 5.32 Å². The Morgan fingerprint density at radius 1 is 1.59 bits per heavy atom. The quantitative estimate of drug-likeness (QED) is 0.666. The summed E-state index contributed by atoms with van der Waals surface area (Å²) in [5.41, 5.74) is 1.19. The van der Waals surface area contributed by atoms with E-state index in [1.165, 1.54) is 17.3 Å². The average molecular weight is 288 g/mol. The number of thioether (sulfide) groups is 1. The van der Waals surface area contributed by atoms with E-state index in [4.69, 9.17) is 17.5 Å². The molecule has 1 aromatic rings. The molecule has 0 spiro atoms. The van der Waals surface area contributed by atoms with Gasteiger partial charge >= 0.3 is 0 Å². The summed E-state index contributed by atoms with van der Waals surface area (Å²) in [5, 5.41) is 11.5. The Morgan fingerprint density at radius 3 is 3.06 bits per heavy atom. The molecule has 0 fully saturated rings. The summed E-state index contributed by atoms with van der Waals surface area (Å²) in [4.78, 5) is 4.04. The second kappa shape index (κ2) is 10.3. The second-order valence-corrected chi connectivity index (χ2v) is 4.85. The first-order valence-corrected chi connectivity index (χ1v) is 6.39. The molecule has 0 saturated carbocycles. The number of halogens is 1. The highest BCUT2D eigenvalue weighted by Crippen LogP contribution is 2.03. The first-order chi connectivity index (χ1) is 7.83. The first-order valence-electron chi connectivity index (χ1n) is 4.99. The van der Waals surface area contributed by atoms with Gasteiger partial charge in [-0.15, -0.1) is 12.4 Å². The van der Waals surface area contributed by atoms with Crippen LogP contribution in [0.2, 0.25) is 0 Å². The average Bonchev–Trinajstić information content (AvgIpc) is 2.31. The van der Waals surface area contributed by atoms with Crippen LogP contribution in [0.15, 0.2) is 24.5 Å². The molecule has 0 radical (unpaired) electrons. The van der Waals surface area contributed by atoms with E-state index in [1.807, 2.05) is 18.3 Å². The van der Waals surface area contributed by atoms with Crippen LogP contribution in [0.1, 0.15) is 12.0 Å². The summed E-state index contributed by atoms with van der Waals surface area (Å²) in [6, 6.07) is 6.06. The first kappa shape index (κ1) is 16.2. The molecule has 1 N–H and O–H groups in total. The van der Waals surface area contributed by atoms with Crippen molar-refractivity contribution < 1.29 is 0 Å². The highest BCUT2D eigenvalue weighted by molar-refractivity contribution is 8.22. The van der Waals surface area contributed by atoms with E-state index in [9.17, 15) is 0 Å². The second-order valence-electron chi connectivity index (χ2n) is 3.08. The van der Waals surface area contributed by atoms with Crippen molar-refractivity contribution in [3.05, 3.63) is 30.1 Å². The molecule has 17 heavy (non-hydrogen) atoms. The number of nitriles is 1. The third kappa shape index (κ3) is 7.97. The van der Waals surface area contributed by atoms with Gasteiger partial charge in [-0.2, -0.15) is 5.26 Å². The van der Waals surface area contributed by atoms with Gasteiger partial charge in [0.2, 0.25) is 0 Å². The smallest absolute Gasteiger partial charge is 0.133 e. The van der Waals surface area contributed by atoms with Gasteiger partial charge in [-0.3, -0.25) is 4.98 Å². The van der Waals surface area contributed by atoms with E-state index >= 15 is 0 Å². The van der Waals surface area contributed by atoms with Crippen LogP contribution in [0.5, 0.6) is 0 Å². The molecule has 0 saturated heterocycles. The zero-order chi connectivity index (χ0) is 11.6. The lowest BCUT2D eigenvalue weighted by molar-refractivity contribution is 0.877. The van der Waals surface area contributed by atoms with Crippen LogP contribution in [0.4, 0.5) is 0 Å².